The fourth-order valence-electron chi connectivity index (χ4n) is 2.23. The Morgan fingerprint density at radius 1 is 1.48 bits per heavy atom. The van der Waals surface area contributed by atoms with Crippen LogP contribution in [0.5, 0.6) is 0 Å². The number of nitrogens with zero attached hydrogens (tertiary/aromatic N) is 1. The van der Waals surface area contributed by atoms with Crippen molar-refractivity contribution in [3.05, 3.63) is 32.6 Å². The number of hydrogen-bond donors (Lipinski definition) is 1. The Balaban J connectivity index is 2.16. The third kappa shape index (κ3) is 3.80. The van der Waals surface area contributed by atoms with Gasteiger partial charge in [-0.1, -0.05) is 6.92 Å². The van der Waals surface area contributed by atoms with Crippen LogP contribution >= 0.6 is 0 Å². The molecule has 2 rings (SSSR count). The Morgan fingerprint density at radius 2 is 2.14 bits per heavy atom. The molecule has 0 radical (unpaired) electrons. The van der Waals surface area contributed by atoms with Crippen LogP contribution in [0.1, 0.15) is 25.1 Å². The maximum absolute atomic E-state index is 11.8. The minimum absolute atomic E-state index is 0.0240. The molecule has 8 nitrogen and oxygen atoms in total. The van der Waals surface area contributed by atoms with Crippen molar-refractivity contribution < 1.29 is 17.3 Å². The number of hydrogen-bond acceptors (Lipinski definition) is 6. The van der Waals surface area contributed by atoms with Gasteiger partial charge in [-0.05, 0) is 19.3 Å². The van der Waals surface area contributed by atoms with Gasteiger partial charge in [-0.25, -0.2) is 4.79 Å². The molecule has 118 valence electrons. The van der Waals surface area contributed by atoms with Crippen molar-refractivity contribution in [2.24, 2.45) is 5.92 Å². The first kappa shape index (κ1) is 15.9. The monoisotopic (exact) mass is 318 g/mol. The molecule has 1 aliphatic rings. The summed E-state index contributed by atoms with van der Waals surface area (Å²) in [7, 11) is -3.53. The minimum atomic E-state index is -3.53. The maximum Gasteiger partial charge on any atom is 0.330 e. The van der Waals surface area contributed by atoms with E-state index < -0.39 is 33.7 Å². The van der Waals surface area contributed by atoms with Crippen LogP contribution in [0.15, 0.2) is 15.8 Å². The van der Waals surface area contributed by atoms with Crippen molar-refractivity contribution in [1.29, 1.82) is 0 Å². The van der Waals surface area contributed by atoms with Gasteiger partial charge in [-0.2, -0.15) is 8.42 Å². The van der Waals surface area contributed by atoms with Gasteiger partial charge < -0.3 is 4.74 Å². The van der Waals surface area contributed by atoms with Gasteiger partial charge in [0.05, 0.1) is 19.0 Å². The highest BCUT2D eigenvalue weighted by Gasteiger charge is 2.34. The highest BCUT2D eigenvalue weighted by atomic mass is 32.2. The molecule has 0 spiro atoms. The number of H-pyrrole nitrogens is 1. The highest BCUT2D eigenvalue weighted by molar-refractivity contribution is 7.85. The lowest BCUT2D eigenvalue weighted by Crippen LogP contribution is -2.33. The number of ether oxygens (including phenoxy) is 1. The molecule has 9 heteroatoms. The van der Waals surface area contributed by atoms with Crippen molar-refractivity contribution in [2.45, 2.75) is 32.6 Å². The van der Waals surface area contributed by atoms with Crippen molar-refractivity contribution in [2.75, 3.05) is 12.9 Å². The molecule has 0 saturated carbocycles. The highest BCUT2D eigenvalue weighted by Crippen LogP contribution is 2.32. The SMILES string of the molecule is Cc1cn(C2CC(C)C(COS(C)(=O)=O)O2)c(=O)[nH]c1=O. The first-order chi connectivity index (χ1) is 9.67. The van der Waals surface area contributed by atoms with Crippen molar-refractivity contribution in [3.8, 4) is 0 Å². The van der Waals surface area contributed by atoms with Crippen molar-refractivity contribution in [1.82, 2.24) is 9.55 Å². The first-order valence-corrected chi connectivity index (χ1v) is 8.31. The molecule has 1 saturated heterocycles. The Morgan fingerprint density at radius 3 is 2.76 bits per heavy atom. The van der Waals surface area contributed by atoms with E-state index in [0.29, 0.717) is 12.0 Å². The summed E-state index contributed by atoms with van der Waals surface area (Å²) in [6.45, 7) is 3.39. The van der Waals surface area contributed by atoms with Gasteiger partial charge in [0.1, 0.15) is 6.23 Å². The van der Waals surface area contributed by atoms with E-state index >= 15 is 0 Å². The van der Waals surface area contributed by atoms with E-state index in [1.54, 1.807) is 6.92 Å². The van der Waals surface area contributed by atoms with E-state index in [1.807, 2.05) is 6.92 Å². The summed E-state index contributed by atoms with van der Waals surface area (Å²) in [5, 5.41) is 0. The summed E-state index contributed by atoms with van der Waals surface area (Å²) in [5.41, 5.74) is -0.576. The van der Waals surface area contributed by atoms with Gasteiger partial charge in [0.15, 0.2) is 0 Å². The van der Waals surface area contributed by atoms with Crippen LogP contribution in [0.2, 0.25) is 0 Å². The second-order valence-corrected chi connectivity index (χ2v) is 6.95. The van der Waals surface area contributed by atoms with E-state index in [1.165, 1.54) is 10.8 Å². The van der Waals surface area contributed by atoms with Crippen LogP contribution in [0.4, 0.5) is 0 Å². The van der Waals surface area contributed by atoms with Crippen LogP contribution in [0.3, 0.4) is 0 Å². The van der Waals surface area contributed by atoms with Crippen LogP contribution in [0, 0.1) is 12.8 Å². The maximum atomic E-state index is 11.8. The standard InChI is InChI=1S/C12H18N2O6S/c1-7-4-10(20-9(7)6-19-21(3,17)18)14-5-8(2)11(15)13-12(14)16/h5,7,9-10H,4,6H2,1-3H3,(H,13,15,16). The fourth-order valence-corrected chi connectivity index (χ4v) is 2.62. The number of aromatic nitrogens is 2. The zero-order valence-electron chi connectivity index (χ0n) is 12.0. The molecule has 1 N–H and O–H groups in total. The smallest absolute Gasteiger partial charge is 0.330 e. The molecule has 3 atom stereocenters. The molecular formula is C12H18N2O6S. The van der Waals surface area contributed by atoms with E-state index in [4.69, 9.17) is 8.92 Å². The van der Waals surface area contributed by atoms with Gasteiger partial charge in [0.25, 0.3) is 15.7 Å². The van der Waals surface area contributed by atoms with Crippen LogP contribution in [-0.4, -0.2) is 36.9 Å². The third-order valence-corrected chi connectivity index (χ3v) is 4.01. The molecule has 0 aromatic carbocycles. The van der Waals surface area contributed by atoms with Gasteiger partial charge in [0.2, 0.25) is 0 Å². The predicted octanol–water partition coefficient (Wildman–Crippen LogP) is -0.255. The first-order valence-electron chi connectivity index (χ1n) is 6.49. The molecule has 21 heavy (non-hydrogen) atoms. The summed E-state index contributed by atoms with van der Waals surface area (Å²) in [6, 6.07) is 0. The topological polar surface area (TPSA) is 107 Å². The van der Waals surface area contributed by atoms with Crippen molar-refractivity contribution >= 4 is 10.1 Å². The molecule has 1 aromatic heterocycles. The molecule has 1 fully saturated rings. The van der Waals surface area contributed by atoms with E-state index in [0.717, 1.165) is 6.26 Å². The number of aryl methyl sites for hydroxylation is 1. The van der Waals surface area contributed by atoms with Gasteiger partial charge in [-0.15, -0.1) is 0 Å². The van der Waals surface area contributed by atoms with Gasteiger partial charge in [0, 0.05) is 11.8 Å². The molecule has 0 amide bonds. The lowest BCUT2D eigenvalue weighted by Gasteiger charge is -2.16. The molecule has 1 aromatic rings. The van der Waals surface area contributed by atoms with E-state index in [2.05, 4.69) is 4.98 Å². The van der Waals surface area contributed by atoms with Crippen LogP contribution < -0.4 is 11.2 Å². The molecular weight excluding hydrogens is 300 g/mol. The van der Waals surface area contributed by atoms with Gasteiger partial charge >= 0.3 is 5.69 Å². The summed E-state index contributed by atoms with van der Waals surface area (Å²) < 4.78 is 33.8. The van der Waals surface area contributed by atoms with Gasteiger partial charge in [-0.3, -0.25) is 18.5 Å². The fraction of sp³-hybridized carbons (Fsp3) is 0.667. The molecule has 0 aliphatic carbocycles. The van der Waals surface area contributed by atoms with E-state index in [-0.39, 0.29) is 12.5 Å². The zero-order valence-corrected chi connectivity index (χ0v) is 12.8. The quantitative estimate of drug-likeness (QED) is 0.767. The lowest BCUT2D eigenvalue weighted by atomic mass is 10.0. The summed E-state index contributed by atoms with van der Waals surface area (Å²) in [5.74, 6) is 0.0240. The molecule has 0 bridgehead atoms. The Bertz CT molecular complexity index is 735. The molecule has 1 aliphatic heterocycles. The Hall–Kier alpha value is -1.45. The Labute approximate surface area is 121 Å². The average molecular weight is 318 g/mol. The number of nitrogens with one attached hydrogen (secondary N) is 1. The normalized spacial score (nSPS) is 26.1. The summed E-state index contributed by atoms with van der Waals surface area (Å²) >= 11 is 0. The van der Waals surface area contributed by atoms with Crippen molar-refractivity contribution in [3.63, 3.8) is 0 Å². The second kappa shape index (κ2) is 5.74. The third-order valence-electron chi connectivity index (χ3n) is 3.44. The summed E-state index contributed by atoms with van der Waals surface area (Å²) in [6.07, 6.45) is 1.97. The second-order valence-electron chi connectivity index (χ2n) is 5.31. The Kier molecular flexibility index (Phi) is 4.35. The van der Waals surface area contributed by atoms with Crippen LogP contribution in [-0.2, 0) is 19.0 Å². The zero-order chi connectivity index (χ0) is 15.8. The minimum Gasteiger partial charge on any atom is -0.352 e. The number of aromatic amines is 1. The molecule has 2 heterocycles. The lowest BCUT2D eigenvalue weighted by molar-refractivity contribution is -0.0254. The largest absolute Gasteiger partial charge is 0.352 e. The predicted molar refractivity (Wildman–Crippen MR) is 74.5 cm³/mol. The average Bonchev–Trinajstić information content (AvgIpc) is 2.72. The van der Waals surface area contributed by atoms with E-state index in [9.17, 15) is 18.0 Å². The number of rotatable bonds is 4. The summed E-state index contributed by atoms with van der Waals surface area (Å²) in [4.78, 5) is 25.4. The van der Waals surface area contributed by atoms with Crippen LogP contribution in [0.25, 0.3) is 0 Å². The molecule has 3 unspecified atom stereocenters.